The predicted molar refractivity (Wildman–Crippen MR) is 68.7 cm³/mol. The van der Waals surface area contributed by atoms with Gasteiger partial charge in [0.05, 0.1) is 17.8 Å². The SMILES string of the molecule is NCc1nc(CC(=O)Nc2ccc(F)c(F)c2F)cs1. The largest absolute Gasteiger partial charge is 0.325 e. The minimum absolute atomic E-state index is 0.102. The van der Waals surface area contributed by atoms with Gasteiger partial charge in [-0.05, 0) is 12.1 Å². The Bertz CT molecular complexity index is 645. The third kappa shape index (κ3) is 3.14. The van der Waals surface area contributed by atoms with Gasteiger partial charge in [0.2, 0.25) is 5.91 Å². The lowest BCUT2D eigenvalue weighted by atomic mass is 10.2. The molecule has 0 bridgehead atoms. The standard InChI is InChI=1S/C12H10F3N3OS/c13-7-1-2-8(12(15)11(7)14)18-9(19)3-6-5-20-10(4-16)17-6/h1-2,5H,3-4,16H2,(H,18,19). The fourth-order valence-electron chi connectivity index (χ4n) is 1.51. The molecule has 0 radical (unpaired) electrons. The Kier molecular flexibility index (Phi) is 4.35. The van der Waals surface area contributed by atoms with Gasteiger partial charge in [-0.1, -0.05) is 0 Å². The summed E-state index contributed by atoms with van der Waals surface area (Å²) < 4.78 is 39.1. The van der Waals surface area contributed by atoms with E-state index in [9.17, 15) is 18.0 Å². The third-order valence-corrected chi connectivity index (χ3v) is 3.34. The number of carbonyl (C=O) groups excluding carboxylic acids is 1. The van der Waals surface area contributed by atoms with Crippen LogP contribution in [0.15, 0.2) is 17.5 Å². The number of hydrogen-bond acceptors (Lipinski definition) is 4. The van der Waals surface area contributed by atoms with Crippen LogP contribution >= 0.6 is 11.3 Å². The zero-order valence-electron chi connectivity index (χ0n) is 10.1. The molecule has 2 aromatic rings. The topological polar surface area (TPSA) is 68.0 Å². The van der Waals surface area contributed by atoms with Gasteiger partial charge in [0.1, 0.15) is 5.01 Å². The van der Waals surface area contributed by atoms with Crippen molar-refractivity contribution in [3.8, 4) is 0 Å². The molecule has 0 aliphatic rings. The molecule has 1 heterocycles. The number of halogens is 3. The Morgan fingerprint density at radius 2 is 2.05 bits per heavy atom. The second-order valence-corrected chi connectivity index (χ2v) is 4.83. The Morgan fingerprint density at radius 3 is 2.70 bits per heavy atom. The summed E-state index contributed by atoms with van der Waals surface area (Å²) in [5, 5.41) is 4.50. The predicted octanol–water partition coefficient (Wildman–Crippen LogP) is 2.20. The number of thiazole rings is 1. The van der Waals surface area contributed by atoms with Crippen LogP contribution in [0.5, 0.6) is 0 Å². The van der Waals surface area contributed by atoms with E-state index in [-0.39, 0.29) is 13.0 Å². The first-order chi connectivity index (χ1) is 9.51. The van der Waals surface area contributed by atoms with Crippen LogP contribution in [0.3, 0.4) is 0 Å². The lowest BCUT2D eigenvalue weighted by Crippen LogP contribution is -2.16. The average molecular weight is 301 g/mol. The molecule has 8 heteroatoms. The summed E-state index contributed by atoms with van der Waals surface area (Å²) in [6.45, 7) is 0.268. The van der Waals surface area contributed by atoms with E-state index >= 15 is 0 Å². The molecule has 0 aliphatic carbocycles. The van der Waals surface area contributed by atoms with Crippen LogP contribution in [0.25, 0.3) is 0 Å². The minimum Gasteiger partial charge on any atom is -0.325 e. The molecule has 1 aromatic carbocycles. The van der Waals surface area contributed by atoms with Gasteiger partial charge in [0.25, 0.3) is 0 Å². The maximum atomic E-state index is 13.4. The molecule has 1 amide bonds. The maximum absolute atomic E-state index is 13.4. The van der Waals surface area contributed by atoms with Crippen molar-refractivity contribution in [1.29, 1.82) is 0 Å². The molecule has 0 aliphatic heterocycles. The lowest BCUT2D eigenvalue weighted by molar-refractivity contribution is -0.115. The average Bonchev–Trinajstić information content (AvgIpc) is 2.87. The normalized spacial score (nSPS) is 10.6. The number of carbonyl (C=O) groups is 1. The van der Waals surface area contributed by atoms with Crippen molar-refractivity contribution in [2.75, 3.05) is 5.32 Å². The van der Waals surface area contributed by atoms with Crippen LogP contribution in [-0.2, 0) is 17.8 Å². The van der Waals surface area contributed by atoms with E-state index in [2.05, 4.69) is 10.3 Å². The van der Waals surface area contributed by atoms with E-state index in [1.165, 1.54) is 11.3 Å². The fourth-order valence-corrected chi connectivity index (χ4v) is 2.18. The minimum atomic E-state index is -1.62. The van der Waals surface area contributed by atoms with Crippen LogP contribution in [0.2, 0.25) is 0 Å². The van der Waals surface area contributed by atoms with Gasteiger partial charge in [-0.2, -0.15) is 0 Å². The van der Waals surface area contributed by atoms with Gasteiger partial charge in [-0.25, -0.2) is 18.2 Å². The summed E-state index contributed by atoms with van der Waals surface area (Å²) in [5.74, 6) is -4.95. The second kappa shape index (κ2) is 6.02. The molecule has 1 aromatic heterocycles. The molecule has 0 spiro atoms. The third-order valence-electron chi connectivity index (χ3n) is 2.42. The number of nitrogens with zero attached hydrogens (tertiary/aromatic N) is 1. The maximum Gasteiger partial charge on any atom is 0.230 e. The van der Waals surface area contributed by atoms with Crippen molar-refractivity contribution < 1.29 is 18.0 Å². The van der Waals surface area contributed by atoms with Gasteiger partial charge in [0, 0.05) is 11.9 Å². The van der Waals surface area contributed by atoms with Crippen molar-refractivity contribution in [2.45, 2.75) is 13.0 Å². The van der Waals surface area contributed by atoms with E-state index in [1.54, 1.807) is 5.38 Å². The monoisotopic (exact) mass is 301 g/mol. The molecule has 4 nitrogen and oxygen atoms in total. The van der Waals surface area contributed by atoms with E-state index in [0.29, 0.717) is 10.7 Å². The van der Waals surface area contributed by atoms with Gasteiger partial charge in [-0.15, -0.1) is 11.3 Å². The van der Waals surface area contributed by atoms with Crippen LogP contribution in [0.4, 0.5) is 18.9 Å². The Labute approximate surface area is 116 Å². The molecule has 0 saturated heterocycles. The second-order valence-electron chi connectivity index (χ2n) is 3.88. The van der Waals surface area contributed by atoms with Crippen LogP contribution in [0.1, 0.15) is 10.7 Å². The first-order valence-corrected chi connectivity index (χ1v) is 6.46. The Hall–Kier alpha value is -1.93. The fraction of sp³-hybridized carbons (Fsp3) is 0.167. The van der Waals surface area contributed by atoms with E-state index in [4.69, 9.17) is 5.73 Å². The van der Waals surface area contributed by atoms with E-state index in [1.807, 2.05) is 0 Å². The number of nitrogens with two attached hydrogens (primary N) is 1. The van der Waals surface area contributed by atoms with Crippen molar-refractivity contribution in [2.24, 2.45) is 5.73 Å². The van der Waals surface area contributed by atoms with Crippen molar-refractivity contribution in [3.63, 3.8) is 0 Å². The molecule has 3 N–H and O–H groups in total. The number of anilines is 1. The van der Waals surface area contributed by atoms with E-state index < -0.39 is 29.0 Å². The summed E-state index contributed by atoms with van der Waals surface area (Å²) >= 11 is 1.31. The van der Waals surface area contributed by atoms with Crippen molar-refractivity contribution in [1.82, 2.24) is 4.98 Å². The molecule has 0 fully saturated rings. The molecule has 0 saturated carbocycles. The molecule has 0 atom stereocenters. The molecular formula is C12H10F3N3OS. The summed E-state index contributed by atoms with van der Waals surface area (Å²) in [5.41, 5.74) is 5.46. The summed E-state index contributed by atoms with van der Waals surface area (Å²) in [4.78, 5) is 15.7. The van der Waals surface area contributed by atoms with Crippen molar-refractivity contribution >= 4 is 22.9 Å². The summed E-state index contributed by atoms with van der Waals surface area (Å²) in [7, 11) is 0. The van der Waals surface area contributed by atoms with Crippen LogP contribution in [-0.4, -0.2) is 10.9 Å². The highest BCUT2D eigenvalue weighted by Crippen LogP contribution is 2.20. The zero-order valence-corrected chi connectivity index (χ0v) is 10.9. The van der Waals surface area contributed by atoms with Gasteiger partial charge < -0.3 is 11.1 Å². The van der Waals surface area contributed by atoms with Crippen LogP contribution in [0, 0.1) is 17.5 Å². The van der Waals surface area contributed by atoms with Gasteiger partial charge in [0.15, 0.2) is 17.5 Å². The Morgan fingerprint density at radius 1 is 1.30 bits per heavy atom. The summed E-state index contributed by atoms with van der Waals surface area (Å²) in [6, 6.07) is 1.70. The molecule has 20 heavy (non-hydrogen) atoms. The highest BCUT2D eigenvalue weighted by atomic mass is 32.1. The molecular weight excluding hydrogens is 291 g/mol. The van der Waals surface area contributed by atoms with Crippen molar-refractivity contribution in [3.05, 3.63) is 45.7 Å². The molecule has 2 rings (SSSR count). The van der Waals surface area contributed by atoms with E-state index in [0.717, 1.165) is 12.1 Å². The molecule has 106 valence electrons. The highest BCUT2D eigenvalue weighted by Gasteiger charge is 2.15. The first-order valence-electron chi connectivity index (χ1n) is 5.58. The number of aromatic nitrogens is 1. The van der Waals surface area contributed by atoms with Gasteiger partial charge >= 0.3 is 0 Å². The quantitative estimate of drug-likeness (QED) is 0.851. The summed E-state index contributed by atoms with van der Waals surface area (Å²) in [6.07, 6.45) is -0.102. The first kappa shape index (κ1) is 14.5. The zero-order chi connectivity index (χ0) is 14.7. The number of benzene rings is 1. The number of amides is 1. The smallest absolute Gasteiger partial charge is 0.230 e. The van der Waals surface area contributed by atoms with Gasteiger partial charge in [-0.3, -0.25) is 4.79 Å². The number of rotatable bonds is 4. The highest BCUT2D eigenvalue weighted by molar-refractivity contribution is 7.09. The molecule has 0 unspecified atom stereocenters. The Balaban J connectivity index is 2.06. The lowest BCUT2D eigenvalue weighted by Gasteiger charge is -2.06. The number of hydrogen-bond donors (Lipinski definition) is 2. The van der Waals surface area contributed by atoms with Crippen LogP contribution < -0.4 is 11.1 Å². The number of nitrogens with one attached hydrogen (secondary N) is 1.